The lowest BCUT2D eigenvalue weighted by Crippen LogP contribution is -2.18. The fourth-order valence-corrected chi connectivity index (χ4v) is 1.94. The van der Waals surface area contributed by atoms with Crippen LogP contribution in [0.15, 0.2) is 24.3 Å². The van der Waals surface area contributed by atoms with Gasteiger partial charge < -0.3 is 0 Å². The fourth-order valence-electron chi connectivity index (χ4n) is 1.94. The van der Waals surface area contributed by atoms with Gasteiger partial charge in [0.1, 0.15) is 6.17 Å². The van der Waals surface area contributed by atoms with E-state index in [2.05, 4.69) is 31.2 Å². The monoisotopic (exact) mass is 178 g/mol. The van der Waals surface area contributed by atoms with Crippen molar-refractivity contribution in [3.8, 4) is 0 Å². The highest BCUT2D eigenvalue weighted by molar-refractivity contribution is 5.34. The summed E-state index contributed by atoms with van der Waals surface area (Å²) in [6.07, 6.45) is 1.30. The van der Waals surface area contributed by atoms with Gasteiger partial charge in [0, 0.05) is 5.41 Å². The summed E-state index contributed by atoms with van der Waals surface area (Å²) < 4.78 is 13.3. The van der Waals surface area contributed by atoms with E-state index in [1.165, 1.54) is 11.1 Å². The minimum absolute atomic E-state index is 0.131. The van der Waals surface area contributed by atoms with E-state index < -0.39 is 6.17 Å². The average molecular weight is 178 g/mol. The van der Waals surface area contributed by atoms with Gasteiger partial charge in [0.15, 0.2) is 0 Å². The summed E-state index contributed by atoms with van der Waals surface area (Å²) in [5.74, 6) is 0. The standard InChI is InChI=1S/C12H15F/c1-9-3-5-11(6-4-9)12(7-8-12)10(2)13/h3-6,10H,7-8H2,1-2H3. The summed E-state index contributed by atoms with van der Waals surface area (Å²) in [4.78, 5) is 0. The average Bonchev–Trinajstić information content (AvgIpc) is 2.86. The molecule has 1 aromatic carbocycles. The summed E-state index contributed by atoms with van der Waals surface area (Å²) in [6, 6.07) is 8.27. The first kappa shape index (κ1) is 8.74. The zero-order valence-electron chi connectivity index (χ0n) is 8.18. The van der Waals surface area contributed by atoms with E-state index in [1.54, 1.807) is 6.92 Å². The van der Waals surface area contributed by atoms with E-state index in [4.69, 9.17) is 0 Å². The molecule has 1 aromatic rings. The van der Waals surface area contributed by atoms with Crippen molar-refractivity contribution < 1.29 is 4.39 Å². The van der Waals surface area contributed by atoms with Crippen LogP contribution in [0.1, 0.15) is 30.9 Å². The molecule has 2 rings (SSSR count). The third-order valence-corrected chi connectivity index (χ3v) is 3.18. The second kappa shape index (κ2) is 2.83. The van der Waals surface area contributed by atoms with Gasteiger partial charge in [-0.2, -0.15) is 0 Å². The van der Waals surface area contributed by atoms with Gasteiger partial charge in [-0.15, -0.1) is 0 Å². The number of benzene rings is 1. The van der Waals surface area contributed by atoms with Crippen LogP contribution in [0.4, 0.5) is 4.39 Å². The number of rotatable bonds is 2. The van der Waals surface area contributed by atoms with Gasteiger partial charge in [-0.05, 0) is 32.3 Å². The number of hydrogen-bond donors (Lipinski definition) is 0. The Morgan fingerprint density at radius 3 is 2.15 bits per heavy atom. The molecule has 1 heteroatoms. The largest absolute Gasteiger partial charge is 0.247 e. The van der Waals surface area contributed by atoms with Crippen molar-refractivity contribution in [3.05, 3.63) is 35.4 Å². The van der Waals surface area contributed by atoms with Crippen LogP contribution in [0.25, 0.3) is 0 Å². The lowest BCUT2D eigenvalue weighted by molar-refractivity contribution is 0.290. The lowest BCUT2D eigenvalue weighted by Gasteiger charge is -2.17. The summed E-state index contributed by atoms with van der Waals surface area (Å²) in [5, 5.41) is 0. The predicted octanol–water partition coefficient (Wildman–Crippen LogP) is 3.38. The van der Waals surface area contributed by atoms with Crippen LogP contribution in [0.2, 0.25) is 0 Å². The van der Waals surface area contributed by atoms with Crippen molar-refractivity contribution in [2.24, 2.45) is 0 Å². The predicted molar refractivity (Wildman–Crippen MR) is 52.7 cm³/mol. The Morgan fingerprint density at radius 2 is 1.77 bits per heavy atom. The van der Waals surface area contributed by atoms with Crippen molar-refractivity contribution in [2.75, 3.05) is 0 Å². The highest BCUT2D eigenvalue weighted by atomic mass is 19.1. The molecule has 0 spiro atoms. The molecule has 0 nitrogen and oxygen atoms in total. The number of alkyl halides is 1. The third kappa shape index (κ3) is 1.37. The molecule has 0 heterocycles. The van der Waals surface area contributed by atoms with Gasteiger partial charge in [0.25, 0.3) is 0 Å². The first-order chi connectivity index (χ1) is 6.15. The molecule has 1 aliphatic carbocycles. The number of hydrogen-bond acceptors (Lipinski definition) is 0. The Balaban J connectivity index is 2.31. The highest BCUT2D eigenvalue weighted by Crippen LogP contribution is 2.51. The van der Waals surface area contributed by atoms with Gasteiger partial charge in [0.05, 0.1) is 0 Å². The smallest absolute Gasteiger partial charge is 0.107 e. The molecule has 1 atom stereocenters. The first-order valence-electron chi connectivity index (χ1n) is 4.86. The zero-order chi connectivity index (χ0) is 9.47. The minimum atomic E-state index is -0.713. The molecule has 0 bridgehead atoms. The van der Waals surface area contributed by atoms with Crippen molar-refractivity contribution in [1.82, 2.24) is 0 Å². The molecule has 1 fully saturated rings. The maximum Gasteiger partial charge on any atom is 0.107 e. The molecule has 70 valence electrons. The zero-order valence-corrected chi connectivity index (χ0v) is 8.18. The Bertz CT molecular complexity index is 293. The maximum atomic E-state index is 13.3. The SMILES string of the molecule is Cc1ccc(C2(C(C)F)CC2)cc1. The van der Waals surface area contributed by atoms with Crippen molar-refractivity contribution in [3.63, 3.8) is 0 Å². The van der Waals surface area contributed by atoms with Crippen LogP contribution in [-0.4, -0.2) is 6.17 Å². The molecule has 13 heavy (non-hydrogen) atoms. The Hall–Kier alpha value is -0.850. The van der Waals surface area contributed by atoms with Gasteiger partial charge in [-0.3, -0.25) is 0 Å². The Labute approximate surface area is 78.8 Å². The molecule has 1 aliphatic rings. The second-order valence-corrected chi connectivity index (χ2v) is 4.14. The van der Waals surface area contributed by atoms with Crippen LogP contribution in [-0.2, 0) is 5.41 Å². The molecule has 0 N–H and O–H groups in total. The van der Waals surface area contributed by atoms with Gasteiger partial charge in [-0.25, -0.2) is 4.39 Å². The van der Waals surface area contributed by atoms with E-state index in [0.717, 1.165) is 12.8 Å². The third-order valence-electron chi connectivity index (χ3n) is 3.18. The second-order valence-electron chi connectivity index (χ2n) is 4.14. The van der Waals surface area contributed by atoms with Gasteiger partial charge in [-0.1, -0.05) is 29.8 Å². The topological polar surface area (TPSA) is 0 Å². The quantitative estimate of drug-likeness (QED) is 0.651. The summed E-state index contributed by atoms with van der Waals surface area (Å²) >= 11 is 0. The van der Waals surface area contributed by atoms with E-state index in [1.807, 2.05) is 0 Å². The van der Waals surface area contributed by atoms with Crippen molar-refractivity contribution in [2.45, 2.75) is 38.3 Å². The summed E-state index contributed by atoms with van der Waals surface area (Å²) in [5.41, 5.74) is 2.28. The fraction of sp³-hybridized carbons (Fsp3) is 0.500. The number of halogens is 1. The van der Waals surface area contributed by atoms with Crippen molar-refractivity contribution >= 4 is 0 Å². The van der Waals surface area contributed by atoms with E-state index >= 15 is 0 Å². The first-order valence-corrected chi connectivity index (χ1v) is 4.86. The molecular formula is C12H15F. The van der Waals surface area contributed by atoms with Crippen LogP contribution in [0, 0.1) is 6.92 Å². The summed E-state index contributed by atoms with van der Waals surface area (Å²) in [6.45, 7) is 3.73. The molecular weight excluding hydrogens is 163 g/mol. The van der Waals surface area contributed by atoms with Crippen LogP contribution < -0.4 is 0 Å². The van der Waals surface area contributed by atoms with E-state index in [9.17, 15) is 4.39 Å². The molecule has 0 aliphatic heterocycles. The normalized spacial score (nSPS) is 21.2. The van der Waals surface area contributed by atoms with E-state index in [-0.39, 0.29) is 5.41 Å². The molecule has 1 saturated carbocycles. The van der Waals surface area contributed by atoms with Gasteiger partial charge >= 0.3 is 0 Å². The molecule has 1 unspecified atom stereocenters. The molecule has 0 radical (unpaired) electrons. The molecule has 0 amide bonds. The Morgan fingerprint density at radius 1 is 1.23 bits per heavy atom. The van der Waals surface area contributed by atoms with Gasteiger partial charge in [0.2, 0.25) is 0 Å². The molecule has 0 aromatic heterocycles. The summed E-state index contributed by atoms with van der Waals surface area (Å²) in [7, 11) is 0. The lowest BCUT2D eigenvalue weighted by atomic mass is 9.91. The van der Waals surface area contributed by atoms with E-state index in [0.29, 0.717) is 0 Å². The maximum absolute atomic E-state index is 13.3. The van der Waals surface area contributed by atoms with Crippen LogP contribution in [0.5, 0.6) is 0 Å². The Kier molecular flexibility index (Phi) is 1.90. The molecule has 0 saturated heterocycles. The van der Waals surface area contributed by atoms with Crippen LogP contribution in [0.3, 0.4) is 0 Å². The minimum Gasteiger partial charge on any atom is -0.247 e. The van der Waals surface area contributed by atoms with Crippen LogP contribution >= 0.6 is 0 Å². The number of aryl methyl sites for hydroxylation is 1. The highest BCUT2D eigenvalue weighted by Gasteiger charge is 2.49. The van der Waals surface area contributed by atoms with Crippen molar-refractivity contribution in [1.29, 1.82) is 0 Å².